The lowest BCUT2D eigenvalue weighted by atomic mass is 10.1. The maximum atomic E-state index is 13.5. The van der Waals surface area contributed by atoms with Crippen LogP contribution in [0.15, 0.2) is 101 Å². The number of allylic oxidation sites excluding steroid dienone is 4. The standard InChI is InChI=1S/C27H34N6O5S/c1-6-9-21-20(7-2)30-24(32-22-14-17(38-5)13-19-23(22)27(19,4)35)25(31-21)33-39(36,37)18-11-8-10-16(12-18)29-26(34)15(3)28/h6-15,19,23,30-33,35H,1,28H2,2-5H3,(H,29,34)/b20-7+,21-9+/t15-,19?,23?,27?/m0/s1. The second kappa shape index (κ2) is 10.6. The number of anilines is 1. The van der Waals surface area contributed by atoms with Gasteiger partial charge in [0.2, 0.25) is 5.91 Å². The van der Waals surface area contributed by atoms with Crippen LogP contribution < -0.4 is 31.7 Å². The number of fused-ring (bicyclic) bond motifs is 1. The maximum absolute atomic E-state index is 13.5. The van der Waals surface area contributed by atoms with Crippen molar-refractivity contribution >= 4 is 21.6 Å². The van der Waals surface area contributed by atoms with Gasteiger partial charge in [0.1, 0.15) is 5.76 Å². The number of nitrogens with two attached hydrogens (primary N) is 1. The van der Waals surface area contributed by atoms with E-state index >= 15 is 0 Å². The Morgan fingerprint density at radius 2 is 2.00 bits per heavy atom. The van der Waals surface area contributed by atoms with Crippen molar-refractivity contribution < 1.29 is 23.1 Å². The number of aliphatic hydroxyl groups is 1. The van der Waals surface area contributed by atoms with E-state index in [0.29, 0.717) is 34.4 Å². The number of rotatable bonds is 9. The molecule has 1 saturated carbocycles. The normalized spacial score (nSPS) is 26.8. The summed E-state index contributed by atoms with van der Waals surface area (Å²) in [6.07, 6.45) is 8.75. The van der Waals surface area contributed by atoms with E-state index in [-0.39, 0.29) is 22.6 Å². The zero-order valence-corrected chi connectivity index (χ0v) is 23.0. The van der Waals surface area contributed by atoms with Crippen molar-refractivity contribution in [3.05, 3.63) is 95.7 Å². The highest BCUT2D eigenvalue weighted by molar-refractivity contribution is 7.89. The van der Waals surface area contributed by atoms with Crippen molar-refractivity contribution in [2.24, 2.45) is 17.6 Å². The number of amides is 1. The van der Waals surface area contributed by atoms with Crippen LogP contribution in [0.25, 0.3) is 0 Å². The van der Waals surface area contributed by atoms with Gasteiger partial charge in [0.05, 0.1) is 35.0 Å². The van der Waals surface area contributed by atoms with Crippen LogP contribution in [-0.2, 0) is 19.6 Å². The van der Waals surface area contributed by atoms with Gasteiger partial charge in [-0.1, -0.05) is 24.8 Å². The molecule has 12 heteroatoms. The fraction of sp³-hybridized carbons (Fsp3) is 0.296. The number of ether oxygens (including phenoxy) is 1. The summed E-state index contributed by atoms with van der Waals surface area (Å²) in [6, 6.07) is 5.09. The molecule has 1 aromatic carbocycles. The summed E-state index contributed by atoms with van der Waals surface area (Å²) in [5.74, 6) is 0.232. The number of hydrogen-bond acceptors (Lipinski definition) is 9. The van der Waals surface area contributed by atoms with E-state index in [9.17, 15) is 18.3 Å². The zero-order valence-electron chi connectivity index (χ0n) is 22.2. The van der Waals surface area contributed by atoms with Crippen LogP contribution in [0.4, 0.5) is 5.69 Å². The number of sulfonamides is 1. The van der Waals surface area contributed by atoms with Crippen molar-refractivity contribution in [3.8, 4) is 0 Å². The van der Waals surface area contributed by atoms with Gasteiger partial charge in [0.25, 0.3) is 10.0 Å². The zero-order chi connectivity index (χ0) is 28.5. The Hall–Kier alpha value is -4.00. The van der Waals surface area contributed by atoms with Crippen LogP contribution in [0.3, 0.4) is 0 Å². The molecule has 3 unspecified atom stereocenters. The second-order valence-electron chi connectivity index (χ2n) is 9.66. The molecule has 8 N–H and O–H groups in total. The fourth-order valence-corrected chi connectivity index (χ4v) is 5.60. The molecule has 4 rings (SSSR count). The Kier molecular flexibility index (Phi) is 7.64. The van der Waals surface area contributed by atoms with Crippen LogP contribution in [0.5, 0.6) is 0 Å². The summed E-state index contributed by atoms with van der Waals surface area (Å²) in [7, 11) is -2.58. The fourth-order valence-electron chi connectivity index (χ4n) is 4.53. The monoisotopic (exact) mass is 554 g/mol. The molecule has 3 aliphatic rings. The van der Waals surface area contributed by atoms with Gasteiger partial charge in [-0.2, -0.15) is 0 Å². The molecule has 4 atom stereocenters. The van der Waals surface area contributed by atoms with E-state index in [2.05, 4.69) is 32.6 Å². The highest BCUT2D eigenvalue weighted by atomic mass is 32.2. The van der Waals surface area contributed by atoms with Crippen LogP contribution >= 0.6 is 0 Å². The van der Waals surface area contributed by atoms with Gasteiger partial charge < -0.3 is 36.8 Å². The first-order chi connectivity index (χ1) is 18.4. The minimum absolute atomic E-state index is 0.0728. The predicted molar refractivity (Wildman–Crippen MR) is 148 cm³/mol. The van der Waals surface area contributed by atoms with Gasteiger partial charge in [0.15, 0.2) is 11.6 Å². The quantitative estimate of drug-likeness (QED) is 0.240. The molecule has 1 aliphatic heterocycles. The summed E-state index contributed by atoms with van der Waals surface area (Å²) in [4.78, 5) is 11.9. The molecule has 1 aromatic rings. The van der Waals surface area contributed by atoms with E-state index in [0.717, 1.165) is 0 Å². The Labute approximate surface area is 228 Å². The topological polar surface area (TPSA) is 167 Å². The van der Waals surface area contributed by atoms with Crippen LogP contribution in [0.2, 0.25) is 0 Å². The summed E-state index contributed by atoms with van der Waals surface area (Å²) < 4.78 is 35.0. The predicted octanol–water partition coefficient (Wildman–Crippen LogP) is 1.56. The van der Waals surface area contributed by atoms with Gasteiger partial charge in [-0.15, -0.1) is 0 Å². The van der Waals surface area contributed by atoms with E-state index in [4.69, 9.17) is 10.5 Å². The van der Waals surface area contributed by atoms with Crippen molar-refractivity contribution in [1.82, 2.24) is 20.7 Å². The third-order valence-corrected chi connectivity index (χ3v) is 8.08. The van der Waals surface area contributed by atoms with Gasteiger partial charge in [-0.05, 0) is 57.2 Å². The van der Waals surface area contributed by atoms with E-state index in [1.165, 1.54) is 25.1 Å². The van der Waals surface area contributed by atoms with Gasteiger partial charge in [-0.3, -0.25) is 9.52 Å². The summed E-state index contributed by atoms with van der Waals surface area (Å²) in [6.45, 7) is 8.85. The molecular weight excluding hydrogens is 520 g/mol. The smallest absolute Gasteiger partial charge is 0.263 e. The number of benzene rings is 1. The maximum Gasteiger partial charge on any atom is 0.263 e. The third-order valence-electron chi connectivity index (χ3n) is 6.73. The van der Waals surface area contributed by atoms with Crippen LogP contribution in [0, 0.1) is 11.8 Å². The summed E-state index contributed by atoms with van der Waals surface area (Å²) >= 11 is 0. The van der Waals surface area contributed by atoms with E-state index < -0.39 is 27.6 Å². The molecular formula is C27H34N6O5S. The Morgan fingerprint density at radius 3 is 2.64 bits per heavy atom. The van der Waals surface area contributed by atoms with Gasteiger partial charge in [-0.25, -0.2) is 8.42 Å². The molecule has 0 radical (unpaired) electrons. The first kappa shape index (κ1) is 28.0. The lowest BCUT2D eigenvalue weighted by Crippen LogP contribution is -2.44. The molecule has 0 saturated heterocycles. The highest BCUT2D eigenvalue weighted by Crippen LogP contribution is 2.57. The van der Waals surface area contributed by atoms with Crippen molar-refractivity contribution in [2.45, 2.75) is 37.3 Å². The molecule has 0 bridgehead atoms. The first-order valence-corrected chi connectivity index (χ1v) is 13.8. The molecule has 39 heavy (non-hydrogen) atoms. The van der Waals surface area contributed by atoms with E-state index in [1.54, 1.807) is 38.3 Å². The van der Waals surface area contributed by atoms with Crippen molar-refractivity contribution in [2.75, 3.05) is 12.4 Å². The second-order valence-corrected chi connectivity index (χ2v) is 11.3. The van der Waals surface area contributed by atoms with Crippen LogP contribution in [-0.4, -0.2) is 38.2 Å². The van der Waals surface area contributed by atoms with Crippen LogP contribution in [0.1, 0.15) is 20.8 Å². The molecule has 0 spiro atoms. The highest BCUT2D eigenvalue weighted by Gasteiger charge is 2.62. The number of nitrogens with one attached hydrogen (secondary N) is 5. The first-order valence-electron chi connectivity index (χ1n) is 12.3. The number of carbonyl (C=O) groups excluding carboxylic acids is 1. The Morgan fingerprint density at radius 1 is 1.28 bits per heavy atom. The lowest BCUT2D eigenvalue weighted by molar-refractivity contribution is -0.117. The van der Waals surface area contributed by atoms with E-state index in [1.807, 2.05) is 19.1 Å². The minimum atomic E-state index is -4.13. The largest absolute Gasteiger partial charge is 0.497 e. The van der Waals surface area contributed by atoms with Gasteiger partial charge >= 0.3 is 0 Å². The van der Waals surface area contributed by atoms with Crippen molar-refractivity contribution in [3.63, 3.8) is 0 Å². The molecule has 2 aliphatic carbocycles. The number of carbonyl (C=O) groups is 1. The molecule has 208 valence electrons. The average Bonchev–Trinajstić information content (AvgIpc) is 3.45. The van der Waals surface area contributed by atoms with Gasteiger partial charge in [0, 0.05) is 23.2 Å². The number of methoxy groups -OCH3 is 1. The molecule has 1 fully saturated rings. The lowest BCUT2D eigenvalue weighted by Gasteiger charge is -2.30. The Bertz CT molecular complexity index is 1450. The average molecular weight is 555 g/mol. The van der Waals surface area contributed by atoms with Crippen molar-refractivity contribution in [1.29, 1.82) is 0 Å². The summed E-state index contributed by atoms with van der Waals surface area (Å²) in [5.41, 5.74) is 6.86. The molecule has 11 nitrogen and oxygen atoms in total. The Balaban J connectivity index is 1.70. The molecule has 1 heterocycles. The third kappa shape index (κ3) is 5.72. The summed E-state index contributed by atoms with van der Waals surface area (Å²) in [5, 5.41) is 23.0. The minimum Gasteiger partial charge on any atom is -0.497 e. The molecule has 0 aromatic heterocycles. The SMILES string of the molecule is C=C/C=C1/NC(NS(=O)(=O)c2cccc(NC(=O)[C@H](C)N)c2)=C(NC2=CC(OC)=CC3C2C3(C)O)N/C1=C/C. The number of hydrogen-bond donors (Lipinski definition) is 7. The molecule has 1 amide bonds.